The molecule has 25 heavy (non-hydrogen) atoms. The van der Waals surface area contributed by atoms with E-state index < -0.39 is 0 Å². The number of benzene rings is 2. The second-order valence-corrected chi connectivity index (χ2v) is 7.06. The highest BCUT2D eigenvalue weighted by atomic mass is 35.5. The second kappa shape index (κ2) is 9.02. The SMILES string of the molecule is CCN(C)/C=N\c1cc(C)c(C(=O)CSc2cccc(F)c2)cc1Cl. The van der Waals surface area contributed by atoms with Gasteiger partial charge in [-0.05, 0) is 49.7 Å². The Morgan fingerprint density at radius 2 is 2.12 bits per heavy atom. The Balaban J connectivity index is 2.12. The van der Waals surface area contributed by atoms with Crippen molar-refractivity contribution in [1.82, 2.24) is 4.90 Å². The van der Waals surface area contributed by atoms with Crippen LogP contribution < -0.4 is 0 Å². The van der Waals surface area contributed by atoms with Crippen molar-refractivity contribution in [2.75, 3.05) is 19.3 Å². The van der Waals surface area contributed by atoms with E-state index in [0.717, 1.165) is 17.0 Å². The number of carbonyl (C=O) groups is 1. The van der Waals surface area contributed by atoms with Crippen LogP contribution in [-0.4, -0.2) is 36.4 Å². The van der Waals surface area contributed by atoms with Gasteiger partial charge in [0, 0.05) is 24.1 Å². The predicted molar refractivity (Wildman–Crippen MR) is 104 cm³/mol. The van der Waals surface area contributed by atoms with Crippen molar-refractivity contribution in [3.05, 3.63) is 58.4 Å². The van der Waals surface area contributed by atoms with E-state index in [1.807, 2.05) is 31.9 Å². The zero-order chi connectivity index (χ0) is 18.4. The molecule has 0 N–H and O–H groups in total. The number of hydrogen-bond acceptors (Lipinski definition) is 3. The van der Waals surface area contributed by atoms with Crippen LogP contribution in [0.5, 0.6) is 0 Å². The van der Waals surface area contributed by atoms with Crippen LogP contribution in [-0.2, 0) is 0 Å². The summed E-state index contributed by atoms with van der Waals surface area (Å²) in [5, 5.41) is 0.436. The third-order valence-corrected chi connectivity index (χ3v) is 4.95. The van der Waals surface area contributed by atoms with E-state index in [2.05, 4.69) is 4.99 Å². The van der Waals surface area contributed by atoms with Gasteiger partial charge in [0.2, 0.25) is 0 Å². The van der Waals surface area contributed by atoms with Crippen molar-refractivity contribution in [3.8, 4) is 0 Å². The Morgan fingerprint density at radius 3 is 2.80 bits per heavy atom. The summed E-state index contributed by atoms with van der Waals surface area (Å²) in [6, 6.07) is 9.67. The molecule has 0 aliphatic heterocycles. The highest BCUT2D eigenvalue weighted by Crippen LogP contribution is 2.29. The van der Waals surface area contributed by atoms with Gasteiger partial charge in [-0.3, -0.25) is 4.79 Å². The topological polar surface area (TPSA) is 32.7 Å². The molecule has 0 spiro atoms. The molecule has 6 heteroatoms. The molecule has 0 bridgehead atoms. The fourth-order valence-corrected chi connectivity index (χ4v) is 3.13. The fourth-order valence-electron chi connectivity index (χ4n) is 2.09. The van der Waals surface area contributed by atoms with Crippen molar-refractivity contribution >= 4 is 41.2 Å². The van der Waals surface area contributed by atoms with Gasteiger partial charge in [-0.1, -0.05) is 17.7 Å². The zero-order valence-electron chi connectivity index (χ0n) is 14.4. The molecule has 0 saturated heterocycles. The molecule has 0 saturated carbocycles. The van der Waals surface area contributed by atoms with E-state index in [0.29, 0.717) is 16.3 Å². The van der Waals surface area contributed by atoms with Gasteiger partial charge in [0.1, 0.15) is 5.82 Å². The van der Waals surface area contributed by atoms with Crippen molar-refractivity contribution in [2.45, 2.75) is 18.7 Å². The molecule has 0 aliphatic rings. The van der Waals surface area contributed by atoms with Gasteiger partial charge in [0.15, 0.2) is 5.78 Å². The summed E-state index contributed by atoms with van der Waals surface area (Å²) < 4.78 is 13.2. The summed E-state index contributed by atoms with van der Waals surface area (Å²) in [4.78, 5) is 19.5. The van der Waals surface area contributed by atoms with Crippen molar-refractivity contribution in [2.24, 2.45) is 4.99 Å². The number of nitrogens with zero attached hydrogens (tertiary/aromatic N) is 2. The molecule has 0 atom stereocenters. The minimum atomic E-state index is -0.309. The maximum Gasteiger partial charge on any atom is 0.173 e. The van der Waals surface area contributed by atoms with E-state index >= 15 is 0 Å². The summed E-state index contributed by atoms with van der Waals surface area (Å²) >= 11 is 7.57. The zero-order valence-corrected chi connectivity index (χ0v) is 16.0. The number of carbonyl (C=O) groups excluding carboxylic acids is 1. The van der Waals surface area contributed by atoms with Gasteiger partial charge in [-0.2, -0.15) is 0 Å². The Kier molecular flexibility index (Phi) is 7.02. The number of aryl methyl sites for hydroxylation is 1. The molecule has 2 aromatic carbocycles. The van der Waals surface area contributed by atoms with E-state index in [1.165, 1.54) is 23.9 Å². The lowest BCUT2D eigenvalue weighted by molar-refractivity contribution is 0.102. The molecule has 0 unspecified atom stereocenters. The van der Waals surface area contributed by atoms with E-state index in [-0.39, 0.29) is 17.4 Å². The summed E-state index contributed by atoms with van der Waals surface area (Å²) in [7, 11) is 1.92. The maximum absolute atomic E-state index is 13.2. The minimum absolute atomic E-state index is 0.0464. The second-order valence-electron chi connectivity index (χ2n) is 5.61. The maximum atomic E-state index is 13.2. The van der Waals surface area contributed by atoms with Crippen LogP contribution in [0.4, 0.5) is 10.1 Å². The van der Waals surface area contributed by atoms with Gasteiger partial charge in [-0.25, -0.2) is 9.38 Å². The molecule has 2 aromatic rings. The lowest BCUT2D eigenvalue weighted by Crippen LogP contribution is -2.14. The Hall–Kier alpha value is -1.85. The largest absolute Gasteiger partial charge is 0.366 e. The molecule has 0 heterocycles. The molecule has 0 fully saturated rings. The van der Waals surface area contributed by atoms with Gasteiger partial charge >= 0.3 is 0 Å². The number of hydrogen-bond donors (Lipinski definition) is 0. The first-order valence-electron chi connectivity index (χ1n) is 7.87. The van der Waals surface area contributed by atoms with Crippen LogP contribution in [0.1, 0.15) is 22.8 Å². The van der Waals surface area contributed by atoms with Crippen LogP contribution in [0.15, 0.2) is 46.3 Å². The standard InChI is InChI=1S/C19H20ClFN2OS/c1-4-23(3)12-22-18-8-13(2)16(10-17(18)20)19(24)11-25-15-7-5-6-14(21)9-15/h5-10,12H,4,11H2,1-3H3/b22-12-. The molecular weight excluding hydrogens is 359 g/mol. The van der Waals surface area contributed by atoms with Gasteiger partial charge in [0.25, 0.3) is 0 Å². The van der Waals surface area contributed by atoms with Crippen LogP contribution in [0.25, 0.3) is 0 Å². The van der Waals surface area contributed by atoms with Crippen molar-refractivity contribution in [3.63, 3.8) is 0 Å². The van der Waals surface area contributed by atoms with Gasteiger partial charge < -0.3 is 4.90 Å². The molecule has 0 aromatic heterocycles. The lowest BCUT2D eigenvalue weighted by atomic mass is 10.0. The monoisotopic (exact) mass is 378 g/mol. The average molecular weight is 379 g/mol. The number of aliphatic imine (C=N–C) groups is 1. The first-order chi connectivity index (χ1) is 11.9. The molecule has 132 valence electrons. The Morgan fingerprint density at radius 1 is 1.36 bits per heavy atom. The number of ketones is 1. The van der Waals surface area contributed by atoms with Crippen molar-refractivity contribution in [1.29, 1.82) is 0 Å². The van der Waals surface area contributed by atoms with E-state index in [4.69, 9.17) is 11.6 Å². The third-order valence-electron chi connectivity index (χ3n) is 3.65. The fraction of sp³-hybridized carbons (Fsp3) is 0.263. The first-order valence-corrected chi connectivity index (χ1v) is 9.23. The third kappa shape index (κ3) is 5.58. The summed E-state index contributed by atoms with van der Waals surface area (Å²) in [5.74, 6) is -0.132. The Labute approximate surface area is 156 Å². The van der Waals surface area contributed by atoms with E-state index in [9.17, 15) is 9.18 Å². The quantitative estimate of drug-likeness (QED) is 0.281. The van der Waals surface area contributed by atoms with Crippen LogP contribution in [0.3, 0.4) is 0 Å². The van der Waals surface area contributed by atoms with E-state index in [1.54, 1.807) is 24.5 Å². The first kappa shape index (κ1) is 19.5. The summed E-state index contributed by atoms with van der Waals surface area (Å²) in [6.45, 7) is 4.73. The lowest BCUT2D eigenvalue weighted by Gasteiger charge is -2.10. The normalized spacial score (nSPS) is 11.1. The molecule has 0 radical (unpaired) electrons. The highest BCUT2D eigenvalue weighted by Gasteiger charge is 2.13. The average Bonchev–Trinajstić information content (AvgIpc) is 2.59. The van der Waals surface area contributed by atoms with Crippen molar-refractivity contribution < 1.29 is 9.18 Å². The number of Topliss-reactive ketones (excluding diaryl/α,β-unsaturated/α-hetero) is 1. The minimum Gasteiger partial charge on any atom is -0.366 e. The number of rotatable bonds is 7. The molecule has 2 rings (SSSR count). The van der Waals surface area contributed by atoms with Gasteiger partial charge in [0.05, 0.1) is 22.8 Å². The molecule has 0 aliphatic carbocycles. The molecule has 0 amide bonds. The number of thioether (sulfide) groups is 1. The Bertz CT molecular complexity index is 795. The van der Waals surface area contributed by atoms with Gasteiger partial charge in [-0.15, -0.1) is 11.8 Å². The molecule has 3 nitrogen and oxygen atoms in total. The molecular formula is C19H20ClFN2OS. The number of halogens is 2. The summed E-state index contributed by atoms with van der Waals surface area (Å²) in [6.07, 6.45) is 1.71. The highest BCUT2D eigenvalue weighted by molar-refractivity contribution is 8.00. The van der Waals surface area contributed by atoms with Crippen LogP contribution in [0, 0.1) is 12.7 Å². The smallest absolute Gasteiger partial charge is 0.173 e. The summed E-state index contributed by atoms with van der Waals surface area (Å²) in [5.41, 5.74) is 2.02. The van der Waals surface area contributed by atoms with Crippen LogP contribution >= 0.6 is 23.4 Å². The predicted octanol–water partition coefficient (Wildman–Crippen LogP) is 5.37. The van der Waals surface area contributed by atoms with Crippen LogP contribution in [0.2, 0.25) is 5.02 Å².